The predicted octanol–water partition coefficient (Wildman–Crippen LogP) is 1.96. The van der Waals surface area contributed by atoms with E-state index >= 15 is 0 Å². The number of aromatic nitrogens is 1. The third-order valence-electron chi connectivity index (χ3n) is 0.953. The summed E-state index contributed by atoms with van der Waals surface area (Å²) in [5.41, 5.74) is 0. The van der Waals surface area contributed by atoms with Gasteiger partial charge >= 0.3 is 0 Å². The van der Waals surface area contributed by atoms with Crippen LogP contribution in [0.2, 0.25) is 10.3 Å². The molecule has 0 saturated carbocycles. The highest BCUT2D eigenvalue weighted by Crippen LogP contribution is 2.23. The van der Waals surface area contributed by atoms with E-state index in [1.54, 1.807) is 0 Å². The molecule has 0 unspecified atom stereocenters. The predicted molar refractivity (Wildman–Crippen MR) is 41.9 cm³/mol. The van der Waals surface area contributed by atoms with Gasteiger partial charge in [-0.2, -0.15) is 0 Å². The molecule has 0 fully saturated rings. The van der Waals surface area contributed by atoms with Gasteiger partial charge in [-0.15, -0.1) is 10.1 Å². The number of pyridine rings is 1. The van der Waals surface area contributed by atoms with E-state index in [2.05, 4.69) is 9.82 Å². The number of hydrogen-bond acceptors (Lipinski definition) is 4. The van der Waals surface area contributed by atoms with Crippen LogP contribution in [0.5, 0.6) is 5.75 Å². The van der Waals surface area contributed by atoms with Gasteiger partial charge in [0.05, 0.1) is 0 Å². The molecule has 0 aliphatic carbocycles. The average molecular weight is 209 g/mol. The van der Waals surface area contributed by atoms with Gasteiger partial charge in [-0.05, 0) is 12.1 Å². The molecule has 0 bridgehead atoms. The molecule has 0 atom stereocenters. The Labute approximate surface area is 77.0 Å². The molecule has 7 heteroatoms. The van der Waals surface area contributed by atoms with Crippen LogP contribution in [-0.4, -0.2) is 10.1 Å². The Balaban J connectivity index is 2.93. The van der Waals surface area contributed by atoms with E-state index in [0.717, 1.165) is 0 Å². The minimum absolute atomic E-state index is 0.133. The maximum Gasteiger partial charge on any atom is 0.299 e. The van der Waals surface area contributed by atoms with Crippen molar-refractivity contribution in [3.63, 3.8) is 0 Å². The maximum absolute atomic E-state index is 9.87. The van der Waals surface area contributed by atoms with Crippen molar-refractivity contribution in [1.29, 1.82) is 0 Å². The second kappa shape index (κ2) is 3.55. The van der Waals surface area contributed by atoms with E-state index in [-0.39, 0.29) is 16.1 Å². The Morgan fingerprint density at radius 2 is 2.17 bits per heavy atom. The molecule has 0 radical (unpaired) electrons. The van der Waals surface area contributed by atoms with Crippen molar-refractivity contribution in [2.75, 3.05) is 0 Å². The Hall–Kier alpha value is -1.07. The molecule has 1 aromatic heterocycles. The van der Waals surface area contributed by atoms with E-state index in [0.29, 0.717) is 0 Å². The summed E-state index contributed by atoms with van der Waals surface area (Å²) in [6.07, 6.45) is 0. The molecule has 0 saturated heterocycles. The number of halogens is 2. The summed E-state index contributed by atoms with van der Waals surface area (Å²) in [6, 6.07) is 2.60. The monoisotopic (exact) mass is 208 g/mol. The lowest BCUT2D eigenvalue weighted by molar-refractivity contribution is -0.711. The highest BCUT2D eigenvalue weighted by atomic mass is 35.5. The van der Waals surface area contributed by atoms with Crippen molar-refractivity contribution in [2.24, 2.45) is 0 Å². The summed E-state index contributed by atoms with van der Waals surface area (Å²) >= 11 is 10.9. The molecule has 1 rings (SSSR count). The Kier molecular flexibility index (Phi) is 2.67. The van der Waals surface area contributed by atoms with Crippen molar-refractivity contribution < 1.29 is 9.92 Å². The van der Waals surface area contributed by atoms with E-state index in [4.69, 9.17) is 23.2 Å². The number of nitrogens with zero attached hydrogens (tertiary/aromatic N) is 2. The first-order valence-corrected chi connectivity index (χ1v) is 3.49. The van der Waals surface area contributed by atoms with Crippen LogP contribution in [0.25, 0.3) is 0 Å². The van der Waals surface area contributed by atoms with Crippen LogP contribution < -0.4 is 4.84 Å². The van der Waals surface area contributed by atoms with Crippen molar-refractivity contribution in [3.8, 4) is 5.75 Å². The van der Waals surface area contributed by atoms with Gasteiger partial charge < -0.3 is 0 Å². The Bertz CT molecular complexity index is 318. The van der Waals surface area contributed by atoms with Crippen molar-refractivity contribution >= 4 is 23.2 Å². The van der Waals surface area contributed by atoms with Crippen LogP contribution in [0.3, 0.4) is 0 Å². The van der Waals surface area contributed by atoms with E-state index in [1.165, 1.54) is 12.1 Å². The van der Waals surface area contributed by atoms with E-state index < -0.39 is 5.09 Å². The highest BCUT2D eigenvalue weighted by Gasteiger charge is 2.06. The van der Waals surface area contributed by atoms with Crippen LogP contribution in [0, 0.1) is 10.1 Å². The molecule has 64 valence electrons. The average Bonchev–Trinajstić information content (AvgIpc) is 1.94. The molecule has 1 aromatic rings. The fourth-order valence-electron chi connectivity index (χ4n) is 0.548. The third-order valence-corrected chi connectivity index (χ3v) is 1.43. The summed E-state index contributed by atoms with van der Waals surface area (Å²) in [4.78, 5) is 17.5. The van der Waals surface area contributed by atoms with Crippen molar-refractivity contribution in [1.82, 2.24) is 4.98 Å². The molecule has 0 amide bonds. The summed E-state index contributed by atoms with van der Waals surface area (Å²) in [5, 5.41) is 8.90. The fraction of sp³-hybridized carbons (Fsp3) is 0. The minimum atomic E-state index is -0.975. The summed E-state index contributed by atoms with van der Waals surface area (Å²) in [7, 11) is 0. The van der Waals surface area contributed by atoms with Gasteiger partial charge in [0, 0.05) is 0 Å². The Morgan fingerprint density at radius 1 is 1.50 bits per heavy atom. The standard InChI is InChI=1S/C5H2Cl2N2O3/c6-4-2-1-3(5(7)8-4)12-9(10)11/h1-2H. The smallest absolute Gasteiger partial charge is 0.273 e. The van der Waals surface area contributed by atoms with Crippen LogP contribution >= 0.6 is 23.2 Å². The third kappa shape index (κ3) is 2.21. The largest absolute Gasteiger partial charge is 0.299 e. The molecule has 0 aliphatic heterocycles. The lowest BCUT2D eigenvalue weighted by Gasteiger charge is -1.99. The molecule has 12 heavy (non-hydrogen) atoms. The summed E-state index contributed by atoms with van der Waals surface area (Å²) < 4.78 is 0. The van der Waals surface area contributed by atoms with Gasteiger partial charge in [-0.25, -0.2) is 4.98 Å². The van der Waals surface area contributed by atoms with Gasteiger partial charge in [0.2, 0.25) is 0 Å². The van der Waals surface area contributed by atoms with Gasteiger partial charge in [-0.1, -0.05) is 23.2 Å². The highest BCUT2D eigenvalue weighted by molar-refractivity contribution is 6.33. The molecule has 0 spiro atoms. The van der Waals surface area contributed by atoms with Gasteiger partial charge in [0.15, 0.2) is 10.9 Å². The van der Waals surface area contributed by atoms with Gasteiger partial charge in [0.1, 0.15) is 5.15 Å². The van der Waals surface area contributed by atoms with Crippen LogP contribution in [-0.2, 0) is 0 Å². The van der Waals surface area contributed by atoms with Crippen LogP contribution in [0.4, 0.5) is 0 Å². The molecule has 0 N–H and O–H groups in total. The van der Waals surface area contributed by atoms with Crippen LogP contribution in [0.1, 0.15) is 0 Å². The lowest BCUT2D eigenvalue weighted by Crippen LogP contribution is -2.04. The van der Waals surface area contributed by atoms with E-state index in [9.17, 15) is 10.1 Å². The molecule has 1 heterocycles. The quantitative estimate of drug-likeness (QED) is 0.424. The van der Waals surface area contributed by atoms with E-state index in [1.807, 2.05) is 0 Å². The zero-order valence-electron chi connectivity index (χ0n) is 5.53. The maximum atomic E-state index is 9.87. The zero-order chi connectivity index (χ0) is 9.14. The molecular weight excluding hydrogens is 207 g/mol. The minimum Gasteiger partial charge on any atom is -0.273 e. The first-order chi connectivity index (χ1) is 5.59. The number of rotatable bonds is 2. The van der Waals surface area contributed by atoms with Crippen molar-refractivity contribution in [2.45, 2.75) is 0 Å². The van der Waals surface area contributed by atoms with Crippen molar-refractivity contribution in [3.05, 3.63) is 32.6 Å². The van der Waals surface area contributed by atoms with Crippen LogP contribution in [0.15, 0.2) is 12.1 Å². The van der Waals surface area contributed by atoms with Gasteiger partial charge in [0.25, 0.3) is 5.09 Å². The summed E-state index contributed by atoms with van der Waals surface area (Å²) in [5.74, 6) is -0.133. The molecule has 0 aromatic carbocycles. The fourth-order valence-corrected chi connectivity index (χ4v) is 0.927. The first-order valence-electron chi connectivity index (χ1n) is 2.74. The lowest BCUT2D eigenvalue weighted by atomic mass is 10.5. The molecule has 0 aliphatic rings. The second-order valence-corrected chi connectivity index (χ2v) is 2.48. The SMILES string of the molecule is O=[N+]([O-])Oc1ccc(Cl)nc1Cl. The summed E-state index contributed by atoms with van der Waals surface area (Å²) in [6.45, 7) is 0. The number of hydrogen-bond donors (Lipinski definition) is 0. The molecular formula is C5H2Cl2N2O3. The zero-order valence-corrected chi connectivity index (χ0v) is 7.04. The van der Waals surface area contributed by atoms with Gasteiger partial charge in [-0.3, -0.25) is 4.84 Å². The normalized spacial score (nSPS) is 9.50. The first kappa shape index (κ1) is 9.02. The topological polar surface area (TPSA) is 65.3 Å². The molecule has 5 nitrogen and oxygen atoms in total. The Morgan fingerprint density at radius 3 is 2.67 bits per heavy atom. The second-order valence-electron chi connectivity index (χ2n) is 1.74.